The molecule has 0 atom stereocenters. The lowest BCUT2D eigenvalue weighted by molar-refractivity contribution is 0.0693. The van der Waals surface area contributed by atoms with Crippen molar-refractivity contribution in [1.82, 2.24) is 4.98 Å². The Morgan fingerprint density at radius 1 is 1.05 bits per heavy atom. The fourth-order valence-electron chi connectivity index (χ4n) is 2.09. The molecular weight excluding hydrogens is 286 g/mol. The van der Waals surface area contributed by atoms with Crippen LogP contribution in [0.25, 0.3) is 10.8 Å². The van der Waals surface area contributed by atoms with Gasteiger partial charge in [-0.25, -0.2) is 4.79 Å². The molecule has 0 aliphatic rings. The topological polar surface area (TPSA) is 70.2 Å². The van der Waals surface area contributed by atoms with Gasteiger partial charge in [-0.15, -0.1) is 0 Å². The van der Waals surface area contributed by atoms with Crippen LogP contribution in [-0.2, 0) is 0 Å². The van der Waals surface area contributed by atoms with E-state index in [0.29, 0.717) is 15.3 Å². The van der Waals surface area contributed by atoms with E-state index in [1.165, 1.54) is 11.8 Å². The monoisotopic (exact) mass is 297 g/mol. The molecule has 0 unspecified atom stereocenters. The highest BCUT2D eigenvalue weighted by Crippen LogP contribution is 2.29. The lowest BCUT2D eigenvalue weighted by atomic mass is 10.2. The number of carboxylic acid groups (broad SMARTS) is 1. The fraction of sp³-hybridized carbons (Fsp3) is 0. The Morgan fingerprint density at radius 3 is 2.57 bits per heavy atom. The van der Waals surface area contributed by atoms with Gasteiger partial charge in [-0.2, -0.15) is 0 Å². The summed E-state index contributed by atoms with van der Waals surface area (Å²) in [5.41, 5.74) is 0.0416. The second-order valence-corrected chi connectivity index (χ2v) is 5.54. The maximum Gasteiger partial charge on any atom is 0.336 e. The molecule has 0 aliphatic carbocycles. The van der Waals surface area contributed by atoms with Crippen molar-refractivity contribution >= 4 is 28.5 Å². The first-order valence-corrected chi connectivity index (χ1v) is 7.09. The lowest BCUT2D eigenvalue weighted by Crippen LogP contribution is -2.06. The first-order valence-electron chi connectivity index (χ1n) is 6.27. The maximum absolute atomic E-state index is 12.0. The third kappa shape index (κ3) is 2.68. The predicted molar refractivity (Wildman–Crippen MR) is 82.1 cm³/mol. The van der Waals surface area contributed by atoms with Crippen molar-refractivity contribution in [3.05, 3.63) is 70.5 Å². The Balaban J connectivity index is 2.07. The zero-order valence-corrected chi connectivity index (χ0v) is 11.7. The minimum absolute atomic E-state index is 0.177. The van der Waals surface area contributed by atoms with Crippen molar-refractivity contribution in [2.75, 3.05) is 0 Å². The van der Waals surface area contributed by atoms with Crippen LogP contribution in [0, 0.1) is 0 Å². The first kappa shape index (κ1) is 13.5. The van der Waals surface area contributed by atoms with Gasteiger partial charge in [0.05, 0.1) is 10.6 Å². The van der Waals surface area contributed by atoms with Gasteiger partial charge in [0, 0.05) is 10.3 Å². The number of benzene rings is 2. The number of hydrogen-bond donors (Lipinski definition) is 2. The molecule has 0 aliphatic heterocycles. The van der Waals surface area contributed by atoms with Crippen molar-refractivity contribution in [3.63, 3.8) is 0 Å². The van der Waals surface area contributed by atoms with Crippen molar-refractivity contribution in [2.45, 2.75) is 9.92 Å². The summed E-state index contributed by atoms with van der Waals surface area (Å²) in [6.07, 6.45) is 0. The predicted octanol–water partition coefficient (Wildman–Crippen LogP) is 3.38. The Hall–Kier alpha value is -2.53. The van der Waals surface area contributed by atoms with Gasteiger partial charge in [0.2, 0.25) is 0 Å². The van der Waals surface area contributed by atoms with E-state index in [1.807, 2.05) is 24.3 Å². The van der Waals surface area contributed by atoms with Gasteiger partial charge in [0.1, 0.15) is 0 Å². The van der Waals surface area contributed by atoms with E-state index < -0.39 is 5.97 Å². The normalized spacial score (nSPS) is 10.7. The molecule has 0 saturated heterocycles. The number of pyridine rings is 1. The van der Waals surface area contributed by atoms with Gasteiger partial charge < -0.3 is 10.1 Å². The Labute approximate surface area is 124 Å². The zero-order valence-electron chi connectivity index (χ0n) is 10.9. The van der Waals surface area contributed by atoms with Crippen molar-refractivity contribution in [3.8, 4) is 0 Å². The van der Waals surface area contributed by atoms with Crippen LogP contribution in [0.4, 0.5) is 0 Å². The minimum atomic E-state index is -0.985. The summed E-state index contributed by atoms with van der Waals surface area (Å²) in [5, 5.41) is 11.3. The van der Waals surface area contributed by atoms with Crippen LogP contribution in [0.1, 0.15) is 10.4 Å². The number of H-pyrrole nitrogens is 1. The highest BCUT2D eigenvalue weighted by Gasteiger charge is 2.11. The maximum atomic E-state index is 12.0. The molecule has 0 amide bonds. The van der Waals surface area contributed by atoms with Gasteiger partial charge in [0.25, 0.3) is 5.56 Å². The molecule has 3 aromatic rings. The summed E-state index contributed by atoms with van der Waals surface area (Å²) < 4.78 is 0. The molecule has 1 heterocycles. The summed E-state index contributed by atoms with van der Waals surface area (Å²) in [6, 6.07) is 15.9. The molecule has 0 radical (unpaired) electrons. The molecule has 2 aromatic carbocycles. The summed E-state index contributed by atoms with van der Waals surface area (Å²) in [6.45, 7) is 0. The molecule has 5 heteroatoms. The molecule has 2 N–H and O–H groups in total. The van der Waals surface area contributed by atoms with Gasteiger partial charge >= 0.3 is 5.97 Å². The summed E-state index contributed by atoms with van der Waals surface area (Å²) in [7, 11) is 0. The van der Waals surface area contributed by atoms with Gasteiger partial charge in [0.15, 0.2) is 0 Å². The average molecular weight is 297 g/mol. The highest BCUT2D eigenvalue weighted by molar-refractivity contribution is 7.99. The van der Waals surface area contributed by atoms with Crippen LogP contribution in [0.5, 0.6) is 0 Å². The van der Waals surface area contributed by atoms with Crippen molar-refractivity contribution < 1.29 is 9.90 Å². The van der Waals surface area contributed by atoms with Gasteiger partial charge in [-0.05, 0) is 29.7 Å². The van der Waals surface area contributed by atoms with Crippen LogP contribution in [0.3, 0.4) is 0 Å². The number of nitrogens with one attached hydrogen (secondary N) is 1. The molecule has 0 bridgehead atoms. The van der Waals surface area contributed by atoms with E-state index in [1.54, 1.807) is 30.3 Å². The van der Waals surface area contributed by atoms with E-state index in [0.717, 1.165) is 5.39 Å². The third-order valence-electron chi connectivity index (χ3n) is 3.07. The van der Waals surface area contributed by atoms with Crippen LogP contribution in [-0.4, -0.2) is 16.1 Å². The molecular formula is C16H11NO3S. The number of aromatic amines is 1. The molecule has 104 valence electrons. The van der Waals surface area contributed by atoms with Gasteiger partial charge in [-0.1, -0.05) is 42.1 Å². The number of carbonyl (C=O) groups is 1. The van der Waals surface area contributed by atoms with Gasteiger partial charge in [-0.3, -0.25) is 4.79 Å². The molecule has 3 rings (SSSR count). The van der Waals surface area contributed by atoms with E-state index in [2.05, 4.69) is 4.98 Å². The number of carboxylic acids is 1. The van der Waals surface area contributed by atoms with Crippen LogP contribution in [0.15, 0.2) is 69.3 Å². The Morgan fingerprint density at radius 2 is 1.76 bits per heavy atom. The smallest absolute Gasteiger partial charge is 0.336 e. The average Bonchev–Trinajstić information content (AvgIpc) is 2.47. The van der Waals surface area contributed by atoms with Crippen LogP contribution in [0.2, 0.25) is 0 Å². The first-order chi connectivity index (χ1) is 10.1. The summed E-state index contributed by atoms with van der Waals surface area (Å²) >= 11 is 1.24. The number of rotatable bonds is 3. The highest BCUT2D eigenvalue weighted by atomic mass is 32.2. The molecule has 4 nitrogen and oxygen atoms in total. The second-order valence-electron chi connectivity index (χ2n) is 4.45. The molecule has 0 fully saturated rings. The number of hydrogen-bond acceptors (Lipinski definition) is 3. The van der Waals surface area contributed by atoms with Crippen molar-refractivity contribution in [2.24, 2.45) is 0 Å². The van der Waals surface area contributed by atoms with E-state index in [9.17, 15) is 14.7 Å². The third-order valence-corrected chi connectivity index (χ3v) is 4.08. The molecule has 0 saturated carbocycles. The molecule has 0 spiro atoms. The van der Waals surface area contributed by atoms with Crippen LogP contribution < -0.4 is 5.56 Å². The largest absolute Gasteiger partial charge is 0.478 e. The van der Waals surface area contributed by atoms with E-state index in [-0.39, 0.29) is 11.1 Å². The number of fused-ring (bicyclic) bond motifs is 1. The number of aromatic carboxylic acids is 1. The SMILES string of the molecule is O=C(O)c1ccccc1Sc1cc2ccccc2c(=O)[nH]1. The fourth-order valence-corrected chi connectivity index (χ4v) is 3.07. The Kier molecular flexibility index (Phi) is 3.50. The molecule has 1 aromatic heterocycles. The standard InChI is InChI=1S/C16H11NO3S/c18-15-11-6-2-1-5-10(11)9-14(17-15)21-13-8-4-3-7-12(13)16(19)20/h1-9H,(H,17,18)(H,19,20). The zero-order chi connectivity index (χ0) is 14.8. The number of aromatic nitrogens is 1. The van der Waals surface area contributed by atoms with Crippen LogP contribution >= 0.6 is 11.8 Å². The Bertz CT molecular complexity index is 886. The minimum Gasteiger partial charge on any atom is -0.478 e. The quantitative estimate of drug-likeness (QED) is 0.777. The van der Waals surface area contributed by atoms with E-state index in [4.69, 9.17) is 0 Å². The lowest BCUT2D eigenvalue weighted by Gasteiger charge is -2.06. The molecule has 21 heavy (non-hydrogen) atoms. The van der Waals surface area contributed by atoms with Crippen molar-refractivity contribution in [1.29, 1.82) is 0 Å². The van der Waals surface area contributed by atoms with E-state index >= 15 is 0 Å². The summed E-state index contributed by atoms with van der Waals surface area (Å²) in [5.74, 6) is -0.985. The summed E-state index contributed by atoms with van der Waals surface area (Å²) in [4.78, 5) is 26.6. The second kappa shape index (κ2) is 5.46.